The maximum Gasteiger partial charge on any atom is 0.250 e. The van der Waals surface area contributed by atoms with Crippen LogP contribution in [0, 0.1) is 5.82 Å². The molecule has 1 N–H and O–H groups in total. The number of thiazole rings is 1. The van der Waals surface area contributed by atoms with Crippen molar-refractivity contribution in [2.75, 3.05) is 12.4 Å². The molecule has 25 heavy (non-hydrogen) atoms. The van der Waals surface area contributed by atoms with E-state index in [2.05, 4.69) is 42.2 Å². The Bertz CT molecular complexity index is 988. The van der Waals surface area contributed by atoms with Crippen molar-refractivity contribution in [3.63, 3.8) is 0 Å². The number of nitrogens with zero attached hydrogens (tertiary/aromatic N) is 1. The zero-order valence-corrected chi connectivity index (χ0v) is 16.8. The molecule has 3 aromatic rings. The second kappa shape index (κ2) is 7.63. The maximum absolute atomic E-state index is 13.2. The van der Waals surface area contributed by atoms with Crippen molar-refractivity contribution in [3.8, 4) is 5.75 Å². The zero-order chi connectivity index (χ0) is 18.0. The molecule has 1 amide bonds. The molecule has 8 heteroatoms. The topological polar surface area (TPSA) is 51.2 Å². The number of rotatable bonds is 4. The lowest BCUT2D eigenvalue weighted by atomic mass is 10.2. The van der Waals surface area contributed by atoms with Gasteiger partial charge in [-0.15, -0.1) is 0 Å². The number of aromatic nitrogens is 1. The van der Waals surface area contributed by atoms with Gasteiger partial charge in [-0.25, -0.2) is 9.37 Å². The fraction of sp³-hybridized carbons (Fsp3) is 0.0588. The summed E-state index contributed by atoms with van der Waals surface area (Å²) in [6.45, 7) is 0. The Kier molecular flexibility index (Phi) is 5.51. The number of anilines is 1. The van der Waals surface area contributed by atoms with Crippen LogP contribution < -0.4 is 10.1 Å². The number of amides is 1. The average molecular weight is 486 g/mol. The number of ether oxygens (including phenoxy) is 1. The lowest BCUT2D eigenvalue weighted by molar-refractivity contribution is -0.111. The Morgan fingerprint density at radius 1 is 1.32 bits per heavy atom. The molecule has 2 aromatic carbocycles. The van der Waals surface area contributed by atoms with Crippen molar-refractivity contribution in [2.24, 2.45) is 0 Å². The average Bonchev–Trinajstić information content (AvgIpc) is 2.93. The number of nitrogens with one attached hydrogen (secondary N) is 1. The van der Waals surface area contributed by atoms with E-state index in [1.54, 1.807) is 19.3 Å². The minimum Gasteiger partial charge on any atom is -0.495 e. The van der Waals surface area contributed by atoms with E-state index >= 15 is 0 Å². The van der Waals surface area contributed by atoms with Crippen LogP contribution in [0.25, 0.3) is 16.3 Å². The summed E-state index contributed by atoms with van der Waals surface area (Å²) >= 11 is 8.04. The molecule has 1 aromatic heterocycles. The van der Waals surface area contributed by atoms with Crippen LogP contribution in [-0.4, -0.2) is 18.0 Å². The highest BCUT2D eigenvalue weighted by molar-refractivity contribution is 9.11. The van der Waals surface area contributed by atoms with Gasteiger partial charge in [0.1, 0.15) is 11.6 Å². The number of hydrogen-bond donors (Lipinski definition) is 1. The van der Waals surface area contributed by atoms with Gasteiger partial charge in [0.05, 0.1) is 21.8 Å². The first-order valence-corrected chi connectivity index (χ1v) is 9.44. The van der Waals surface area contributed by atoms with Crippen molar-refractivity contribution in [3.05, 3.63) is 56.7 Å². The molecule has 0 bridgehead atoms. The Hall–Kier alpha value is -1.77. The van der Waals surface area contributed by atoms with Crippen molar-refractivity contribution in [1.29, 1.82) is 0 Å². The van der Waals surface area contributed by atoms with E-state index in [-0.39, 0.29) is 11.7 Å². The molecule has 0 aliphatic carbocycles. The van der Waals surface area contributed by atoms with Crippen LogP contribution in [0.15, 0.2) is 45.4 Å². The molecule has 0 unspecified atom stereocenters. The third kappa shape index (κ3) is 4.26. The van der Waals surface area contributed by atoms with E-state index < -0.39 is 0 Å². The van der Waals surface area contributed by atoms with Gasteiger partial charge in [0.2, 0.25) is 5.91 Å². The highest BCUT2D eigenvalue weighted by atomic mass is 79.9. The molecular weight excluding hydrogens is 475 g/mol. The number of methoxy groups -OCH3 is 1. The molecule has 0 atom stereocenters. The van der Waals surface area contributed by atoms with Crippen LogP contribution in [0.3, 0.4) is 0 Å². The van der Waals surface area contributed by atoms with E-state index in [0.717, 1.165) is 14.5 Å². The van der Waals surface area contributed by atoms with Crippen LogP contribution in [0.2, 0.25) is 0 Å². The predicted octanol–water partition coefficient (Wildman–Crippen LogP) is 5.62. The number of fused-ring (bicyclic) bond motifs is 1. The number of carbonyl (C=O) groups is 1. The molecular formula is C17H11Br2FN2O2S. The normalized spacial score (nSPS) is 11.2. The number of carbonyl (C=O) groups excluding carboxylic acids is 1. The fourth-order valence-electron chi connectivity index (χ4n) is 2.18. The van der Waals surface area contributed by atoms with E-state index in [0.29, 0.717) is 21.1 Å². The van der Waals surface area contributed by atoms with Crippen LogP contribution in [0.5, 0.6) is 5.75 Å². The monoisotopic (exact) mass is 484 g/mol. The van der Waals surface area contributed by atoms with Crippen molar-refractivity contribution < 1.29 is 13.9 Å². The summed E-state index contributed by atoms with van der Waals surface area (Å²) in [7, 11) is 1.56. The molecule has 0 aliphatic rings. The van der Waals surface area contributed by atoms with Gasteiger partial charge >= 0.3 is 0 Å². The third-order valence-corrected chi connectivity index (χ3v) is 5.22. The van der Waals surface area contributed by atoms with Gasteiger partial charge in [0, 0.05) is 16.1 Å². The Balaban J connectivity index is 1.78. The van der Waals surface area contributed by atoms with Crippen LogP contribution >= 0.6 is 43.2 Å². The van der Waals surface area contributed by atoms with E-state index in [4.69, 9.17) is 4.74 Å². The van der Waals surface area contributed by atoms with Crippen molar-refractivity contribution >= 4 is 70.5 Å². The van der Waals surface area contributed by atoms with Gasteiger partial charge in [0.15, 0.2) is 5.13 Å². The molecule has 0 aliphatic heterocycles. The van der Waals surface area contributed by atoms with E-state index in [1.165, 1.54) is 29.5 Å². The third-order valence-electron chi connectivity index (χ3n) is 3.24. The quantitative estimate of drug-likeness (QED) is 0.488. The number of halogens is 3. The maximum atomic E-state index is 13.2. The Morgan fingerprint density at radius 3 is 2.88 bits per heavy atom. The second-order valence-corrected chi connectivity index (χ2v) is 7.76. The van der Waals surface area contributed by atoms with Gasteiger partial charge in [-0.1, -0.05) is 27.3 Å². The van der Waals surface area contributed by atoms with Gasteiger partial charge in [-0.3, -0.25) is 10.1 Å². The molecule has 0 saturated carbocycles. The summed E-state index contributed by atoms with van der Waals surface area (Å²) in [4.78, 5) is 16.4. The molecule has 128 valence electrons. The summed E-state index contributed by atoms with van der Waals surface area (Å²) in [6.07, 6.45) is 3.04. The van der Waals surface area contributed by atoms with E-state index in [9.17, 15) is 9.18 Å². The first-order chi connectivity index (χ1) is 12.0. The van der Waals surface area contributed by atoms with Crippen LogP contribution in [0.4, 0.5) is 9.52 Å². The van der Waals surface area contributed by atoms with E-state index in [1.807, 2.05) is 12.1 Å². The summed E-state index contributed by atoms with van der Waals surface area (Å²) < 4.78 is 20.9. The fourth-order valence-corrected chi connectivity index (χ4v) is 4.50. The van der Waals surface area contributed by atoms with Gasteiger partial charge in [-0.05, 0) is 52.3 Å². The number of benzene rings is 2. The first kappa shape index (κ1) is 18.0. The largest absolute Gasteiger partial charge is 0.495 e. The summed E-state index contributed by atoms with van der Waals surface area (Å²) in [5.41, 5.74) is 1.38. The molecule has 1 heterocycles. The van der Waals surface area contributed by atoms with Crippen molar-refractivity contribution in [2.45, 2.75) is 0 Å². The molecule has 3 rings (SSSR count). The highest BCUT2D eigenvalue weighted by Crippen LogP contribution is 2.33. The summed E-state index contributed by atoms with van der Waals surface area (Å²) in [6, 6.07) is 8.01. The van der Waals surface area contributed by atoms with Crippen LogP contribution in [0.1, 0.15) is 5.56 Å². The molecule has 0 fully saturated rings. The first-order valence-electron chi connectivity index (χ1n) is 7.04. The predicted molar refractivity (Wildman–Crippen MR) is 106 cm³/mol. The van der Waals surface area contributed by atoms with Gasteiger partial charge in [0.25, 0.3) is 0 Å². The molecule has 4 nitrogen and oxygen atoms in total. The van der Waals surface area contributed by atoms with Crippen LogP contribution in [-0.2, 0) is 4.79 Å². The smallest absolute Gasteiger partial charge is 0.250 e. The highest BCUT2D eigenvalue weighted by Gasteiger charge is 2.09. The standard InChI is InChI=1S/C17H11Br2FN2O2S/c1-24-16-9(6-10(18)7-12(16)19)2-5-15(23)22-17-21-13-4-3-11(20)8-14(13)25-17/h2-8H,1H3,(H,21,22,23)/b5-2+. The van der Waals surface area contributed by atoms with Gasteiger partial charge in [-0.2, -0.15) is 0 Å². The number of hydrogen-bond acceptors (Lipinski definition) is 4. The summed E-state index contributed by atoms with van der Waals surface area (Å²) in [5.74, 6) is -0.0401. The van der Waals surface area contributed by atoms with Gasteiger partial charge < -0.3 is 4.74 Å². The minimum atomic E-state index is -0.335. The zero-order valence-electron chi connectivity index (χ0n) is 12.8. The molecule has 0 spiro atoms. The minimum absolute atomic E-state index is 0.332. The van der Waals surface area contributed by atoms with Crippen molar-refractivity contribution in [1.82, 2.24) is 4.98 Å². The lowest BCUT2D eigenvalue weighted by Crippen LogP contribution is -2.07. The Labute approximate surface area is 164 Å². The molecule has 0 radical (unpaired) electrons. The SMILES string of the molecule is COc1c(Br)cc(Br)cc1/C=C/C(=O)Nc1nc2ccc(F)cc2s1. The summed E-state index contributed by atoms with van der Waals surface area (Å²) in [5, 5.41) is 3.10. The lowest BCUT2D eigenvalue weighted by Gasteiger charge is -2.08. The Morgan fingerprint density at radius 2 is 2.12 bits per heavy atom. The molecule has 0 saturated heterocycles. The second-order valence-electron chi connectivity index (χ2n) is 4.96.